The van der Waals surface area contributed by atoms with Crippen molar-refractivity contribution in [2.24, 2.45) is 12.9 Å². The van der Waals surface area contributed by atoms with Crippen molar-refractivity contribution in [3.63, 3.8) is 0 Å². The van der Waals surface area contributed by atoms with Crippen LogP contribution in [0.25, 0.3) is 0 Å². The summed E-state index contributed by atoms with van der Waals surface area (Å²) in [5.41, 5.74) is 6.32. The fourth-order valence-corrected chi connectivity index (χ4v) is 1.95. The number of rotatable bonds is 4. The molecule has 0 spiro atoms. The van der Waals surface area contributed by atoms with Gasteiger partial charge in [0.15, 0.2) is 0 Å². The van der Waals surface area contributed by atoms with Crippen molar-refractivity contribution in [3.8, 4) is 0 Å². The van der Waals surface area contributed by atoms with E-state index in [0.29, 0.717) is 0 Å². The molecule has 0 bridgehead atoms. The summed E-state index contributed by atoms with van der Waals surface area (Å²) >= 11 is 0. The molecule has 0 aliphatic rings. The average molecular weight is 231 g/mol. The van der Waals surface area contributed by atoms with Crippen LogP contribution in [0.1, 0.15) is 22.7 Å². The van der Waals surface area contributed by atoms with Gasteiger partial charge in [0.05, 0.1) is 12.2 Å². The molecule has 2 heterocycles. The molecule has 5 nitrogen and oxygen atoms in total. The van der Waals surface area contributed by atoms with Gasteiger partial charge in [0, 0.05) is 25.6 Å². The zero-order chi connectivity index (χ0) is 12.3. The number of hydrogen-bond donors (Lipinski definition) is 2. The normalized spacial score (nSPS) is 12.6. The van der Waals surface area contributed by atoms with E-state index in [1.54, 1.807) is 10.9 Å². The van der Waals surface area contributed by atoms with Crippen molar-refractivity contribution in [2.75, 3.05) is 0 Å². The smallest absolute Gasteiger partial charge is 0.0522 e. The van der Waals surface area contributed by atoms with Crippen LogP contribution < -0.4 is 11.3 Å². The Morgan fingerprint density at radius 1 is 1.47 bits per heavy atom. The van der Waals surface area contributed by atoms with E-state index in [1.165, 1.54) is 5.56 Å². The van der Waals surface area contributed by atoms with Crippen LogP contribution in [0.15, 0.2) is 30.9 Å². The van der Waals surface area contributed by atoms with Gasteiger partial charge in [0.2, 0.25) is 0 Å². The van der Waals surface area contributed by atoms with E-state index < -0.39 is 0 Å². The van der Waals surface area contributed by atoms with E-state index in [9.17, 15) is 0 Å². The Morgan fingerprint density at radius 2 is 2.29 bits per heavy atom. The first-order valence-corrected chi connectivity index (χ1v) is 5.55. The number of hydrazine groups is 1. The summed E-state index contributed by atoms with van der Waals surface area (Å²) < 4.78 is 1.79. The van der Waals surface area contributed by atoms with Crippen molar-refractivity contribution in [1.82, 2.24) is 20.2 Å². The van der Waals surface area contributed by atoms with Crippen molar-refractivity contribution in [2.45, 2.75) is 19.4 Å². The van der Waals surface area contributed by atoms with E-state index in [2.05, 4.69) is 15.5 Å². The summed E-state index contributed by atoms with van der Waals surface area (Å²) in [6.45, 7) is 2.04. The Morgan fingerprint density at radius 3 is 2.88 bits per heavy atom. The van der Waals surface area contributed by atoms with Crippen molar-refractivity contribution >= 4 is 0 Å². The van der Waals surface area contributed by atoms with E-state index in [1.807, 2.05) is 38.6 Å². The molecule has 3 N–H and O–H groups in total. The molecule has 1 atom stereocenters. The second kappa shape index (κ2) is 5.07. The molecule has 5 heteroatoms. The number of pyridine rings is 1. The minimum atomic E-state index is 0.0854. The Hall–Kier alpha value is -1.72. The first-order chi connectivity index (χ1) is 8.20. The number of aromatic nitrogens is 3. The lowest BCUT2D eigenvalue weighted by Gasteiger charge is -2.17. The Bertz CT molecular complexity index is 491. The standard InChI is InChI=1S/C12H17N5/c1-9-6-14-4-3-11(9)12(16-13)5-10-7-15-17(2)8-10/h3-4,6-8,12,16H,5,13H2,1-2H3. The second-order valence-electron chi connectivity index (χ2n) is 4.18. The van der Waals surface area contributed by atoms with Crippen LogP contribution in [-0.2, 0) is 13.5 Å². The maximum Gasteiger partial charge on any atom is 0.0522 e. The quantitative estimate of drug-likeness (QED) is 0.605. The van der Waals surface area contributed by atoms with Crippen LogP contribution in [0.5, 0.6) is 0 Å². The van der Waals surface area contributed by atoms with E-state index in [-0.39, 0.29) is 6.04 Å². The fourth-order valence-electron chi connectivity index (χ4n) is 1.95. The molecule has 0 aliphatic heterocycles. The number of nitrogens with two attached hydrogens (primary N) is 1. The molecule has 2 aromatic rings. The molecule has 0 fully saturated rings. The molecule has 0 radical (unpaired) electrons. The fraction of sp³-hybridized carbons (Fsp3) is 0.333. The number of nitrogens with one attached hydrogen (secondary N) is 1. The van der Waals surface area contributed by atoms with E-state index in [0.717, 1.165) is 17.5 Å². The molecule has 90 valence electrons. The summed E-state index contributed by atoms with van der Waals surface area (Å²) in [6, 6.07) is 2.08. The largest absolute Gasteiger partial charge is 0.276 e. The molecule has 17 heavy (non-hydrogen) atoms. The number of hydrogen-bond acceptors (Lipinski definition) is 4. The Balaban J connectivity index is 2.20. The van der Waals surface area contributed by atoms with Gasteiger partial charge >= 0.3 is 0 Å². The van der Waals surface area contributed by atoms with Crippen molar-refractivity contribution in [3.05, 3.63) is 47.5 Å². The highest BCUT2D eigenvalue weighted by atomic mass is 15.2. The lowest BCUT2D eigenvalue weighted by atomic mass is 9.99. The van der Waals surface area contributed by atoms with Gasteiger partial charge in [0.1, 0.15) is 0 Å². The molecule has 2 rings (SSSR count). The molecule has 2 aromatic heterocycles. The lowest BCUT2D eigenvalue weighted by molar-refractivity contribution is 0.548. The molecule has 0 aromatic carbocycles. The van der Waals surface area contributed by atoms with Gasteiger partial charge in [-0.25, -0.2) is 0 Å². The van der Waals surface area contributed by atoms with Gasteiger partial charge in [0.25, 0.3) is 0 Å². The maximum atomic E-state index is 5.63. The molecular weight excluding hydrogens is 214 g/mol. The third kappa shape index (κ3) is 2.69. The minimum Gasteiger partial charge on any atom is -0.276 e. The van der Waals surface area contributed by atoms with Gasteiger partial charge in [-0.1, -0.05) is 0 Å². The van der Waals surface area contributed by atoms with Crippen LogP contribution >= 0.6 is 0 Å². The van der Waals surface area contributed by atoms with Crippen LogP contribution in [0.2, 0.25) is 0 Å². The first-order valence-electron chi connectivity index (χ1n) is 5.55. The molecule has 0 aliphatic carbocycles. The van der Waals surface area contributed by atoms with Crippen LogP contribution in [0.3, 0.4) is 0 Å². The second-order valence-corrected chi connectivity index (χ2v) is 4.18. The van der Waals surface area contributed by atoms with Crippen LogP contribution in [-0.4, -0.2) is 14.8 Å². The van der Waals surface area contributed by atoms with Crippen molar-refractivity contribution in [1.29, 1.82) is 0 Å². The Labute approximate surface area is 101 Å². The molecule has 0 saturated carbocycles. The first kappa shape index (κ1) is 11.8. The topological polar surface area (TPSA) is 68.8 Å². The van der Waals surface area contributed by atoms with Gasteiger partial charge < -0.3 is 0 Å². The number of nitrogens with zero attached hydrogens (tertiary/aromatic N) is 3. The van der Waals surface area contributed by atoms with Gasteiger partial charge in [-0.15, -0.1) is 0 Å². The van der Waals surface area contributed by atoms with Crippen molar-refractivity contribution < 1.29 is 0 Å². The SMILES string of the molecule is Cc1cnccc1C(Cc1cnn(C)c1)NN. The summed E-state index contributed by atoms with van der Waals surface area (Å²) in [7, 11) is 1.91. The maximum absolute atomic E-state index is 5.63. The highest BCUT2D eigenvalue weighted by Gasteiger charge is 2.13. The lowest BCUT2D eigenvalue weighted by Crippen LogP contribution is -2.30. The van der Waals surface area contributed by atoms with E-state index in [4.69, 9.17) is 5.84 Å². The third-order valence-corrected chi connectivity index (χ3v) is 2.84. The molecule has 1 unspecified atom stereocenters. The summed E-state index contributed by atoms with van der Waals surface area (Å²) in [6.07, 6.45) is 8.32. The summed E-state index contributed by atoms with van der Waals surface area (Å²) in [5, 5.41) is 4.16. The molecule has 0 amide bonds. The zero-order valence-electron chi connectivity index (χ0n) is 10.1. The van der Waals surface area contributed by atoms with Crippen LogP contribution in [0, 0.1) is 6.92 Å². The van der Waals surface area contributed by atoms with Crippen LogP contribution in [0.4, 0.5) is 0 Å². The van der Waals surface area contributed by atoms with Gasteiger partial charge in [-0.2, -0.15) is 5.10 Å². The molecule has 0 saturated heterocycles. The predicted octanol–water partition coefficient (Wildman–Crippen LogP) is 0.871. The monoisotopic (exact) mass is 231 g/mol. The highest BCUT2D eigenvalue weighted by molar-refractivity contribution is 5.27. The summed E-state index contributed by atoms with van der Waals surface area (Å²) in [5.74, 6) is 5.63. The third-order valence-electron chi connectivity index (χ3n) is 2.84. The van der Waals surface area contributed by atoms with Gasteiger partial charge in [-0.05, 0) is 36.1 Å². The predicted molar refractivity (Wildman–Crippen MR) is 66.0 cm³/mol. The molecular formula is C12H17N5. The summed E-state index contributed by atoms with van der Waals surface area (Å²) in [4.78, 5) is 4.09. The van der Waals surface area contributed by atoms with E-state index >= 15 is 0 Å². The average Bonchev–Trinajstić information content (AvgIpc) is 2.73. The number of aryl methyl sites for hydroxylation is 2. The Kier molecular flexibility index (Phi) is 3.51. The highest BCUT2D eigenvalue weighted by Crippen LogP contribution is 2.19. The van der Waals surface area contributed by atoms with Gasteiger partial charge in [-0.3, -0.25) is 20.9 Å². The zero-order valence-corrected chi connectivity index (χ0v) is 10.1. The minimum absolute atomic E-state index is 0.0854.